The minimum absolute atomic E-state index is 0.496. The molecule has 1 aliphatic rings. The van der Waals surface area contributed by atoms with Crippen molar-refractivity contribution in [2.75, 3.05) is 7.05 Å². The van der Waals surface area contributed by atoms with Crippen molar-refractivity contribution in [3.63, 3.8) is 0 Å². The van der Waals surface area contributed by atoms with E-state index in [1.54, 1.807) is 0 Å². The van der Waals surface area contributed by atoms with Crippen molar-refractivity contribution >= 4 is 37.4 Å². The molecular weight excluding hydrogens is 342 g/mol. The molecule has 3 heteroatoms. The fourth-order valence-corrected chi connectivity index (χ4v) is 5.32. The Morgan fingerprint density at radius 3 is 2.71 bits per heavy atom. The summed E-state index contributed by atoms with van der Waals surface area (Å²) in [5.74, 6) is 0.895. The van der Waals surface area contributed by atoms with Gasteiger partial charge in [-0.25, -0.2) is 0 Å². The standard InChI is InChI=1S/C18H24BrNS/c1-20-17(11-13-7-4-2-3-5-8-13)15-12-21-18-14(15)9-6-10-16(18)19/h6,9-10,12-13,17,20H,2-5,7-8,11H2,1H3. The molecule has 0 radical (unpaired) electrons. The molecule has 21 heavy (non-hydrogen) atoms. The fraction of sp³-hybridized carbons (Fsp3) is 0.556. The summed E-state index contributed by atoms with van der Waals surface area (Å²) < 4.78 is 2.61. The minimum Gasteiger partial charge on any atom is -0.313 e. The van der Waals surface area contributed by atoms with Crippen LogP contribution in [0.15, 0.2) is 28.1 Å². The second-order valence-corrected chi connectivity index (χ2v) is 7.98. The molecule has 1 atom stereocenters. The molecule has 1 aromatic carbocycles. The lowest BCUT2D eigenvalue weighted by Gasteiger charge is -2.22. The van der Waals surface area contributed by atoms with Crippen molar-refractivity contribution < 1.29 is 0 Å². The molecule has 1 saturated carbocycles. The first kappa shape index (κ1) is 15.5. The molecule has 1 nitrogen and oxygen atoms in total. The first-order valence-corrected chi connectivity index (χ1v) is 9.79. The van der Waals surface area contributed by atoms with E-state index in [-0.39, 0.29) is 0 Å². The van der Waals surface area contributed by atoms with Crippen LogP contribution in [0, 0.1) is 5.92 Å². The molecule has 1 fully saturated rings. The number of nitrogens with one attached hydrogen (secondary N) is 1. The maximum atomic E-state index is 3.68. The lowest BCUT2D eigenvalue weighted by Crippen LogP contribution is -2.19. The lowest BCUT2D eigenvalue weighted by molar-refractivity contribution is 0.369. The molecule has 2 aromatic rings. The second kappa shape index (κ2) is 7.26. The van der Waals surface area contributed by atoms with Crippen LogP contribution in [0.4, 0.5) is 0 Å². The van der Waals surface area contributed by atoms with E-state index in [2.05, 4.69) is 51.9 Å². The SMILES string of the molecule is CNC(CC1CCCCCC1)c1csc2c(Br)cccc12. The van der Waals surface area contributed by atoms with Gasteiger partial charge in [-0.05, 0) is 57.7 Å². The zero-order valence-corrected chi connectivity index (χ0v) is 15.1. The van der Waals surface area contributed by atoms with E-state index < -0.39 is 0 Å². The van der Waals surface area contributed by atoms with Crippen LogP contribution in [0.1, 0.15) is 56.6 Å². The van der Waals surface area contributed by atoms with Gasteiger partial charge in [-0.3, -0.25) is 0 Å². The number of hydrogen-bond donors (Lipinski definition) is 1. The molecule has 0 spiro atoms. The third kappa shape index (κ3) is 3.52. The van der Waals surface area contributed by atoms with Crippen LogP contribution in [-0.2, 0) is 0 Å². The Morgan fingerprint density at radius 1 is 1.24 bits per heavy atom. The molecule has 0 saturated heterocycles. The molecule has 0 amide bonds. The van der Waals surface area contributed by atoms with Gasteiger partial charge in [0.1, 0.15) is 0 Å². The van der Waals surface area contributed by atoms with Crippen LogP contribution in [0.5, 0.6) is 0 Å². The molecule has 0 bridgehead atoms. The highest BCUT2D eigenvalue weighted by molar-refractivity contribution is 9.10. The van der Waals surface area contributed by atoms with Crippen molar-refractivity contribution in [1.82, 2.24) is 5.32 Å². The highest BCUT2D eigenvalue weighted by atomic mass is 79.9. The molecule has 3 rings (SSSR count). The summed E-state index contributed by atoms with van der Waals surface area (Å²) >= 11 is 5.54. The second-order valence-electron chi connectivity index (χ2n) is 6.24. The van der Waals surface area contributed by atoms with Gasteiger partial charge in [-0.15, -0.1) is 11.3 Å². The maximum absolute atomic E-state index is 3.68. The van der Waals surface area contributed by atoms with Gasteiger partial charge in [0.25, 0.3) is 0 Å². The third-order valence-electron chi connectivity index (χ3n) is 4.85. The van der Waals surface area contributed by atoms with Gasteiger partial charge >= 0.3 is 0 Å². The monoisotopic (exact) mass is 365 g/mol. The summed E-state index contributed by atoms with van der Waals surface area (Å²) in [5, 5.41) is 7.35. The number of benzene rings is 1. The average molecular weight is 366 g/mol. The number of halogens is 1. The number of rotatable bonds is 4. The van der Waals surface area contributed by atoms with E-state index in [4.69, 9.17) is 0 Å². The Kier molecular flexibility index (Phi) is 5.36. The first-order chi connectivity index (χ1) is 10.3. The average Bonchev–Trinajstić information content (AvgIpc) is 2.76. The predicted octanol–water partition coefficient (Wildman–Crippen LogP) is 6.28. The summed E-state index contributed by atoms with van der Waals surface area (Å²) in [6, 6.07) is 7.06. The molecule has 114 valence electrons. The summed E-state index contributed by atoms with van der Waals surface area (Å²) in [5.41, 5.74) is 1.49. The van der Waals surface area contributed by atoms with E-state index in [1.807, 2.05) is 11.3 Å². The minimum atomic E-state index is 0.496. The van der Waals surface area contributed by atoms with Crippen molar-refractivity contribution in [1.29, 1.82) is 0 Å². The zero-order valence-electron chi connectivity index (χ0n) is 12.7. The Morgan fingerprint density at radius 2 is 2.00 bits per heavy atom. The first-order valence-electron chi connectivity index (χ1n) is 8.12. The lowest BCUT2D eigenvalue weighted by atomic mass is 9.89. The largest absolute Gasteiger partial charge is 0.313 e. The van der Waals surface area contributed by atoms with E-state index in [9.17, 15) is 0 Å². The normalized spacial score (nSPS) is 18.8. The fourth-order valence-electron chi connectivity index (χ4n) is 3.64. The van der Waals surface area contributed by atoms with Gasteiger partial charge in [-0.1, -0.05) is 50.7 Å². The van der Waals surface area contributed by atoms with Crippen molar-refractivity contribution in [2.24, 2.45) is 5.92 Å². The van der Waals surface area contributed by atoms with Crippen LogP contribution in [-0.4, -0.2) is 7.05 Å². The Balaban J connectivity index is 1.82. The molecule has 1 N–H and O–H groups in total. The van der Waals surface area contributed by atoms with Gasteiger partial charge in [-0.2, -0.15) is 0 Å². The van der Waals surface area contributed by atoms with Crippen molar-refractivity contribution in [3.05, 3.63) is 33.6 Å². The summed E-state index contributed by atoms with van der Waals surface area (Å²) in [6.45, 7) is 0. The van der Waals surface area contributed by atoms with Crippen LogP contribution in [0.3, 0.4) is 0 Å². The number of hydrogen-bond acceptors (Lipinski definition) is 2. The molecule has 0 aliphatic heterocycles. The zero-order chi connectivity index (χ0) is 14.7. The van der Waals surface area contributed by atoms with E-state index in [0.717, 1.165) is 5.92 Å². The van der Waals surface area contributed by atoms with E-state index in [1.165, 1.54) is 65.1 Å². The molecule has 1 aliphatic carbocycles. The van der Waals surface area contributed by atoms with Crippen LogP contribution >= 0.6 is 27.3 Å². The van der Waals surface area contributed by atoms with E-state index >= 15 is 0 Å². The van der Waals surface area contributed by atoms with Gasteiger partial charge in [0.15, 0.2) is 0 Å². The van der Waals surface area contributed by atoms with Crippen molar-refractivity contribution in [2.45, 2.75) is 51.0 Å². The highest BCUT2D eigenvalue weighted by Crippen LogP contribution is 2.38. The van der Waals surface area contributed by atoms with Gasteiger partial charge in [0.05, 0.1) is 0 Å². The maximum Gasteiger partial charge on any atom is 0.0488 e. The molecule has 1 aromatic heterocycles. The third-order valence-corrected chi connectivity index (χ3v) is 6.82. The Bertz CT molecular complexity index is 584. The Hall–Kier alpha value is -0.380. The predicted molar refractivity (Wildman–Crippen MR) is 97.1 cm³/mol. The number of fused-ring (bicyclic) bond motifs is 1. The summed E-state index contributed by atoms with van der Waals surface area (Å²) in [4.78, 5) is 0. The molecule has 1 heterocycles. The highest BCUT2D eigenvalue weighted by Gasteiger charge is 2.21. The van der Waals surface area contributed by atoms with Crippen LogP contribution < -0.4 is 5.32 Å². The van der Waals surface area contributed by atoms with Gasteiger partial charge in [0, 0.05) is 15.2 Å². The topological polar surface area (TPSA) is 12.0 Å². The Labute approximate surface area is 140 Å². The summed E-state index contributed by atoms with van der Waals surface area (Å²) in [6.07, 6.45) is 9.86. The van der Waals surface area contributed by atoms with Crippen molar-refractivity contribution in [3.8, 4) is 0 Å². The quantitative estimate of drug-likeness (QED) is 0.628. The van der Waals surface area contributed by atoms with E-state index in [0.29, 0.717) is 6.04 Å². The molecular formula is C18H24BrNS. The smallest absolute Gasteiger partial charge is 0.0488 e. The number of thiophene rings is 1. The van der Waals surface area contributed by atoms with Crippen LogP contribution in [0.25, 0.3) is 10.1 Å². The molecule has 1 unspecified atom stereocenters. The summed E-state index contributed by atoms with van der Waals surface area (Å²) in [7, 11) is 2.11. The van der Waals surface area contributed by atoms with Crippen LogP contribution in [0.2, 0.25) is 0 Å². The van der Waals surface area contributed by atoms with Gasteiger partial charge in [0.2, 0.25) is 0 Å². The van der Waals surface area contributed by atoms with Gasteiger partial charge < -0.3 is 5.32 Å².